The Morgan fingerprint density at radius 3 is 2.20 bits per heavy atom. The Bertz CT molecular complexity index is 177. The fourth-order valence-corrected chi connectivity index (χ4v) is 3.20. The second-order valence-electron chi connectivity index (χ2n) is 5.52. The molecule has 15 heavy (non-hydrogen) atoms. The van der Waals surface area contributed by atoms with Crippen molar-refractivity contribution in [3.8, 4) is 0 Å². The zero-order valence-electron chi connectivity index (χ0n) is 10.3. The van der Waals surface area contributed by atoms with Crippen molar-refractivity contribution in [1.82, 2.24) is 10.2 Å². The first-order chi connectivity index (χ1) is 7.27. The molecule has 2 fully saturated rings. The second-order valence-corrected chi connectivity index (χ2v) is 5.52. The van der Waals surface area contributed by atoms with Gasteiger partial charge in [0.25, 0.3) is 0 Å². The quantitative estimate of drug-likeness (QED) is 0.752. The van der Waals surface area contributed by atoms with Crippen LogP contribution in [0.25, 0.3) is 0 Å². The maximum atomic E-state index is 3.46. The van der Waals surface area contributed by atoms with Gasteiger partial charge in [-0.05, 0) is 58.5 Å². The minimum Gasteiger partial charge on any atom is -0.317 e. The van der Waals surface area contributed by atoms with Crippen LogP contribution in [-0.2, 0) is 0 Å². The van der Waals surface area contributed by atoms with Gasteiger partial charge < -0.3 is 5.32 Å². The molecule has 2 nitrogen and oxygen atoms in total. The molecular weight excluding hydrogens is 184 g/mol. The van der Waals surface area contributed by atoms with Crippen LogP contribution >= 0.6 is 0 Å². The molecule has 2 atom stereocenters. The second kappa shape index (κ2) is 5.31. The molecule has 1 N–H and O–H groups in total. The predicted octanol–water partition coefficient (Wildman–Crippen LogP) is 2.25. The van der Waals surface area contributed by atoms with Crippen molar-refractivity contribution in [3.05, 3.63) is 0 Å². The van der Waals surface area contributed by atoms with Crippen LogP contribution in [-0.4, -0.2) is 36.6 Å². The van der Waals surface area contributed by atoms with Gasteiger partial charge in [0, 0.05) is 18.6 Å². The summed E-state index contributed by atoms with van der Waals surface area (Å²) in [6.45, 7) is 8.65. The van der Waals surface area contributed by atoms with Gasteiger partial charge in [0.15, 0.2) is 0 Å². The molecule has 0 aliphatic carbocycles. The summed E-state index contributed by atoms with van der Waals surface area (Å²) in [5.74, 6) is 0.953. The molecule has 0 unspecified atom stereocenters. The van der Waals surface area contributed by atoms with Crippen LogP contribution < -0.4 is 5.32 Å². The zero-order chi connectivity index (χ0) is 10.7. The van der Waals surface area contributed by atoms with E-state index < -0.39 is 0 Å². The topological polar surface area (TPSA) is 15.3 Å². The molecule has 0 saturated carbocycles. The van der Waals surface area contributed by atoms with Gasteiger partial charge in [0.2, 0.25) is 0 Å². The molecule has 2 aliphatic heterocycles. The lowest BCUT2D eigenvalue weighted by Crippen LogP contribution is -2.47. The van der Waals surface area contributed by atoms with Crippen LogP contribution in [0.1, 0.15) is 46.0 Å². The highest BCUT2D eigenvalue weighted by atomic mass is 15.2. The van der Waals surface area contributed by atoms with Gasteiger partial charge in [-0.2, -0.15) is 0 Å². The molecule has 2 aliphatic rings. The van der Waals surface area contributed by atoms with Gasteiger partial charge in [-0.15, -0.1) is 0 Å². The lowest BCUT2D eigenvalue weighted by atomic mass is 9.92. The monoisotopic (exact) mass is 210 g/mol. The number of likely N-dealkylation sites (tertiary alicyclic amines) is 1. The van der Waals surface area contributed by atoms with Crippen LogP contribution in [0, 0.1) is 5.92 Å². The first-order valence-electron chi connectivity index (χ1n) is 6.74. The van der Waals surface area contributed by atoms with Crippen molar-refractivity contribution in [2.75, 3.05) is 19.6 Å². The molecule has 2 rings (SSSR count). The highest BCUT2D eigenvalue weighted by molar-refractivity contribution is 4.82. The number of nitrogens with one attached hydrogen (secondary N) is 1. The van der Waals surface area contributed by atoms with Crippen molar-refractivity contribution >= 4 is 0 Å². The molecule has 2 saturated heterocycles. The van der Waals surface area contributed by atoms with E-state index in [1.54, 1.807) is 0 Å². The molecule has 88 valence electrons. The molecule has 0 bridgehead atoms. The van der Waals surface area contributed by atoms with Crippen molar-refractivity contribution in [2.24, 2.45) is 5.92 Å². The molecule has 0 aromatic heterocycles. The molecule has 2 heterocycles. The van der Waals surface area contributed by atoms with E-state index in [2.05, 4.69) is 24.1 Å². The summed E-state index contributed by atoms with van der Waals surface area (Å²) in [6.07, 6.45) is 7.03. The lowest BCUT2D eigenvalue weighted by molar-refractivity contribution is 0.0770. The third kappa shape index (κ3) is 2.94. The third-order valence-electron chi connectivity index (χ3n) is 4.30. The zero-order valence-corrected chi connectivity index (χ0v) is 10.3. The van der Waals surface area contributed by atoms with Crippen LogP contribution in [0.3, 0.4) is 0 Å². The molecule has 2 heteroatoms. The van der Waals surface area contributed by atoms with Gasteiger partial charge in [-0.1, -0.05) is 6.42 Å². The van der Waals surface area contributed by atoms with Crippen LogP contribution in [0.2, 0.25) is 0 Å². The Morgan fingerprint density at radius 1 is 1.00 bits per heavy atom. The van der Waals surface area contributed by atoms with E-state index in [0.717, 1.165) is 18.0 Å². The number of nitrogens with zero attached hydrogens (tertiary/aromatic N) is 1. The summed E-state index contributed by atoms with van der Waals surface area (Å²) in [5, 5.41) is 3.46. The minimum atomic E-state index is 0.823. The van der Waals surface area contributed by atoms with E-state index in [-0.39, 0.29) is 0 Å². The maximum Gasteiger partial charge on any atom is 0.00698 e. The standard InChI is InChI=1S/C13H26N2/c1-11-4-3-5-12(2)15(11)10-13-6-8-14-9-7-13/h11-14H,3-10H2,1-2H3/t11-,12+. The fourth-order valence-electron chi connectivity index (χ4n) is 3.20. The van der Waals surface area contributed by atoms with Crippen LogP contribution in [0.15, 0.2) is 0 Å². The van der Waals surface area contributed by atoms with E-state index in [1.807, 2.05) is 0 Å². The van der Waals surface area contributed by atoms with Gasteiger partial charge in [0.05, 0.1) is 0 Å². The Balaban J connectivity index is 1.84. The first kappa shape index (κ1) is 11.4. The largest absolute Gasteiger partial charge is 0.317 e. The smallest absolute Gasteiger partial charge is 0.00698 e. The summed E-state index contributed by atoms with van der Waals surface area (Å²) in [7, 11) is 0. The average Bonchev–Trinajstić information content (AvgIpc) is 2.25. The average molecular weight is 210 g/mol. The summed E-state index contributed by atoms with van der Waals surface area (Å²) in [4.78, 5) is 2.76. The van der Waals surface area contributed by atoms with Crippen molar-refractivity contribution in [1.29, 1.82) is 0 Å². The third-order valence-corrected chi connectivity index (χ3v) is 4.30. The predicted molar refractivity (Wildman–Crippen MR) is 65.1 cm³/mol. The Morgan fingerprint density at radius 2 is 1.60 bits per heavy atom. The SMILES string of the molecule is C[C@@H]1CCC[C@H](C)N1CC1CCNCC1. The number of hydrogen-bond donors (Lipinski definition) is 1. The summed E-state index contributed by atoms with van der Waals surface area (Å²) >= 11 is 0. The van der Waals surface area contributed by atoms with E-state index in [4.69, 9.17) is 0 Å². The molecule has 0 radical (unpaired) electrons. The van der Waals surface area contributed by atoms with E-state index in [9.17, 15) is 0 Å². The normalized spacial score (nSPS) is 35.6. The minimum absolute atomic E-state index is 0.823. The summed E-state index contributed by atoms with van der Waals surface area (Å²) < 4.78 is 0. The van der Waals surface area contributed by atoms with Crippen molar-refractivity contribution < 1.29 is 0 Å². The number of hydrogen-bond acceptors (Lipinski definition) is 2. The van der Waals surface area contributed by atoms with Crippen LogP contribution in [0.4, 0.5) is 0 Å². The highest BCUT2D eigenvalue weighted by Gasteiger charge is 2.27. The Hall–Kier alpha value is -0.0800. The Kier molecular flexibility index (Phi) is 4.04. The molecule has 0 aromatic carbocycles. The van der Waals surface area contributed by atoms with Gasteiger partial charge in [0.1, 0.15) is 0 Å². The van der Waals surface area contributed by atoms with E-state index in [0.29, 0.717) is 0 Å². The fraction of sp³-hybridized carbons (Fsp3) is 1.00. The highest BCUT2D eigenvalue weighted by Crippen LogP contribution is 2.25. The molecule has 0 spiro atoms. The molecule has 0 amide bonds. The van der Waals surface area contributed by atoms with E-state index in [1.165, 1.54) is 51.7 Å². The lowest BCUT2D eigenvalue weighted by Gasteiger charge is -2.41. The first-order valence-corrected chi connectivity index (χ1v) is 6.74. The Labute approximate surface area is 94.4 Å². The molecular formula is C13H26N2. The maximum absolute atomic E-state index is 3.46. The van der Waals surface area contributed by atoms with Gasteiger partial charge in [-0.25, -0.2) is 0 Å². The summed E-state index contributed by atoms with van der Waals surface area (Å²) in [5.41, 5.74) is 0. The van der Waals surface area contributed by atoms with Crippen LogP contribution in [0.5, 0.6) is 0 Å². The molecule has 0 aromatic rings. The summed E-state index contributed by atoms with van der Waals surface area (Å²) in [6, 6.07) is 1.65. The number of piperidine rings is 2. The van der Waals surface area contributed by atoms with Crippen molar-refractivity contribution in [2.45, 2.75) is 58.0 Å². The van der Waals surface area contributed by atoms with E-state index >= 15 is 0 Å². The van der Waals surface area contributed by atoms with Gasteiger partial charge >= 0.3 is 0 Å². The number of rotatable bonds is 2. The van der Waals surface area contributed by atoms with Crippen molar-refractivity contribution in [3.63, 3.8) is 0 Å². The van der Waals surface area contributed by atoms with Gasteiger partial charge in [-0.3, -0.25) is 4.90 Å².